The number of hydrogen-bond donors (Lipinski definition) is 2. The third kappa shape index (κ3) is 5.55. The van der Waals surface area contributed by atoms with Gasteiger partial charge >= 0.3 is 6.03 Å². The Bertz CT molecular complexity index is 649. The van der Waals surface area contributed by atoms with E-state index in [1.165, 1.54) is 0 Å². The number of halogens is 1. The third-order valence-electron chi connectivity index (χ3n) is 3.81. The van der Waals surface area contributed by atoms with Crippen molar-refractivity contribution in [3.8, 4) is 0 Å². The van der Waals surface area contributed by atoms with E-state index in [0.29, 0.717) is 24.4 Å². The molecule has 0 bridgehead atoms. The average molecular weight is 347 g/mol. The lowest BCUT2D eigenvalue weighted by Gasteiger charge is -2.24. The van der Waals surface area contributed by atoms with Gasteiger partial charge in [-0.15, -0.1) is 0 Å². The highest BCUT2D eigenvalue weighted by atomic mass is 35.5. The number of rotatable bonds is 7. The van der Waals surface area contributed by atoms with E-state index >= 15 is 0 Å². The van der Waals surface area contributed by atoms with Gasteiger partial charge in [-0.2, -0.15) is 0 Å². The lowest BCUT2D eigenvalue weighted by atomic mass is 10.0. The molecule has 0 aromatic heterocycles. The van der Waals surface area contributed by atoms with Crippen molar-refractivity contribution >= 4 is 17.6 Å². The molecule has 24 heavy (non-hydrogen) atoms. The Kier molecular flexibility index (Phi) is 7.09. The van der Waals surface area contributed by atoms with Crippen molar-refractivity contribution in [2.75, 3.05) is 13.7 Å². The van der Waals surface area contributed by atoms with Gasteiger partial charge in [0.15, 0.2) is 0 Å². The monoisotopic (exact) mass is 346 g/mol. The fraction of sp³-hybridized carbons (Fsp3) is 0.316. The highest BCUT2D eigenvalue weighted by Gasteiger charge is 2.17. The molecule has 2 aromatic carbocycles. The first-order valence-electron chi connectivity index (χ1n) is 8.02. The average Bonchev–Trinajstić information content (AvgIpc) is 2.59. The zero-order valence-electron chi connectivity index (χ0n) is 13.8. The number of hydrogen-bond acceptors (Lipinski definition) is 2. The van der Waals surface area contributed by atoms with Crippen LogP contribution in [0.25, 0.3) is 0 Å². The summed E-state index contributed by atoms with van der Waals surface area (Å²) in [5.41, 5.74) is 2.02. The molecule has 2 rings (SSSR count). The van der Waals surface area contributed by atoms with Crippen LogP contribution in [0.1, 0.15) is 30.0 Å². The standard InChI is InChI=1S/C19H23ClN2O2/c1-22(14-15-7-5-10-17(20)13-15)19(24)21-18(11-6-12-23)16-8-3-2-4-9-16/h2-5,7-10,13,18,23H,6,11-12,14H2,1H3,(H,21,24). The first kappa shape index (κ1) is 18.3. The van der Waals surface area contributed by atoms with E-state index in [9.17, 15) is 4.79 Å². The third-order valence-corrected chi connectivity index (χ3v) is 4.04. The number of nitrogens with zero attached hydrogens (tertiary/aromatic N) is 1. The van der Waals surface area contributed by atoms with Crippen LogP contribution in [0.4, 0.5) is 4.79 Å². The minimum Gasteiger partial charge on any atom is -0.396 e. The van der Waals surface area contributed by atoms with Crippen LogP contribution in [0.2, 0.25) is 5.02 Å². The van der Waals surface area contributed by atoms with Crippen LogP contribution in [0.15, 0.2) is 54.6 Å². The number of benzene rings is 2. The molecule has 4 nitrogen and oxygen atoms in total. The van der Waals surface area contributed by atoms with Crippen molar-refractivity contribution in [1.82, 2.24) is 10.2 Å². The lowest BCUT2D eigenvalue weighted by Crippen LogP contribution is -2.39. The molecular formula is C19H23ClN2O2. The SMILES string of the molecule is CN(Cc1cccc(Cl)c1)C(=O)NC(CCCO)c1ccccc1. The largest absolute Gasteiger partial charge is 0.396 e. The Morgan fingerprint density at radius 2 is 1.96 bits per heavy atom. The van der Waals surface area contributed by atoms with Gasteiger partial charge < -0.3 is 15.3 Å². The number of carbonyl (C=O) groups is 1. The topological polar surface area (TPSA) is 52.6 Å². The minimum atomic E-state index is -0.151. The number of aliphatic hydroxyl groups is 1. The molecule has 0 spiro atoms. The molecule has 2 aromatic rings. The molecule has 5 heteroatoms. The van der Waals surface area contributed by atoms with Crippen LogP contribution < -0.4 is 5.32 Å². The Morgan fingerprint density at radius 1 is 1.21 bits per heavy atom. The fourth-order valence-corrected chi connectivity index (χ4v) is 2.76. The van der Waals surface area contributed by atoms with Crippen molar-refractivity contribution in [1.29, 1.82) is 0 Å². The highest BCUT2D eigenvalue weighted by Crippen LogP contribution is 2.19. The van der Waals surface area contributed by atoms with Crippen molar-refractivity contribution in [2.45, 2.75) is 25.4 Å². The van der Waals surface area contributed by atoms with E-state index in [1.54, 1.807) is 11.9 Å². The lowest BCUT2D eigenvalue weighted by molar-refractivity contribution is 0.200. The van der Waals surface area contributed by atoms with Crippen LogP contribution in [0.3, 0.4) is 0 Å². The van der Waals surface area contributed by atoms with Crippen LogP contribution in [0, 0.1) is 0 Å². The Morgan fingerprint density at radius 3 is 2.62 bits per heavy atom. The molecule has 0 radical (unpaired) electrons. The maximum Gasteiger partial charge on any atom is 0.317 e. The first-order chi connectivity index (χ1) is 11.6. The molecule has 0 aliphatic heterocycles. The quantitative estimate of drug-likeness (QED) is 0.796. The van der Waals surface area contributed by atoms with Crippen molar-refractivity contribution in [3.63, 3.8) is 0 Å². The van der Waals surface area contributed by atoms with Gasteiger partial charge in [0, 0.05) is 25.2 Å². The smallest absolute Gasteiger partial charge is 0.317 e. The van der Waals surface area contributed by atoms with E-state index in [2.05, 4.69) is 5.32 Å². The van der Waals surface area contributed by atoms with E-state index in [-0.39, 0.29) is 18.7 Å². The molecule has 128 valence electrons. The zero-order valence-corrected chi connectivity index (χ0v) is 14.5. The Labute approximate surface area is 148 Å². The van der Waals surface area contributed by atoms with E-state index in [1.807, 2.05) is 54.6 Å². The van der Waals surface area contributed by atoms with Crippen LogP contribution in [-0.2, 0) is 6.54 Å². The van der Waals surface area contributed by atoms with Gasteiger partial charge in [-0.25, -0.2) is 4.79 Å². The Balaban J connectivity index is 2.01. The van der Waals surface area contributed by atoms with Gasteiger partial charge in [0.2, 0.25) is 0 Å². The number of urea groups is 1. The summed E-state index contributed by atoms with van der Waals surface area (Å²) in [7, 11) is 1.75. The van der Waals surface area contributed by atoms with Gasteiger partial charge in [0.05, 0.1) is 6.04 Å². The summed E-state index contributed by atoms with van der Waals surface area (Å²) in [5.74, 6) is 0. The molecule has 1 unspecified atom stereocenters. The van der Waals surface area contributed by atoms with Crippen LogP contribution in [0.5, 0.6) is 0 Å². The second kappa shape index (κ2) is 9.30. The zero-order chi connectivity index (χ0) is 17.4. The normalized spacial score (nSPS) is 11.8. The number of aliphatic hydroxyl groups excluding tert-OH is 1. The van der Waals surface area contributed by atoms with Gasteiger partial charge in [-0.1, -0.05) is 54.1 Å². The number of carbonyl (C=O) groups excluding carboxylic acids is 1. The van der Waals surface area contributed by atoms with Crippen molar-refractivity contribution in [3.05, 3.63) is 70.7 Å². The fourth-order valence-electron chi connectivity index (χ4n) is 2.54. The predicted molar refractivity (Wildman–Crippen MR) is 97.0 cm³/mol. The maximum absolute atomic E-state index is 12.5. The maximum atomic E-state index is 12.5. The summed E-state index contributed by atoms with van der Waals surface area (Å²) in [6.07, 6.45) is 1.33. The second-order valence-electron chi connectivity index (χ2n) is 5.76. The van der Waals surface area contributed by atoms with Crippen LogP contribution in [-0.4, -0.2) is 29.7 Å². The summed E-state index contributed by atoms with van der Waals surface area (Å²) >= 11 is 5.99. The second-order valence-corrected chi connectivity index (χ2v) is 6.20. The first-order valence-corrected chi connectivity index (χ1v) is 8.40. The number of nitrogens with one attached hydrogen (secondary N) is 1. The molecule has 0 saturated heterocycles. The minimum absolute atomic E-state index is 0.109. The molecule has 0 fully saturated rings. The molecule has 0 aliphatic carbocycles. The highest BCUT2D eigenvalue weighted by molar-refractivity contribution is 6.30. The molecule has 1 atom stereocenters. The van der Waals surface area contributed by atoms with Gasteiger partial charge in [0.1, 0.15) is 0 Å². The summed E-state index contributed by atoms with van der Waals surface area (Å²) in [6.45, 7) is 0.589. The molecule has 0 aliphatic rings. The summed E-state index contributed by atoms with van der Waals surface area (Å²) in [4.78, 5) is 14.1. The number of amides is 2. The molecule has 2 amide bonds. The van der Waals surface area contributed by atoms with E-state index in [4.69, 9.17) is 16.7 Å². The summed E-state index contributed by atoms with van der Waals surface area (Å²) < 4.78 is 0. The molecule has 0 saturated carbocycles. The molecular weight excluding hydrogens is 324 g/mol. The van der Waals surface area contributed by atoms with Crippen molar-refractivity contribution < 1.29 is 9.90 Å². The van der Waals surface area contributed by atoms with Gasteiger partial charge in [0.25, 0.3) is 0 Å². The van der Waals surface area contributed by atoms with Gasteiger partial charge in [-0.3, -0.25) is 0 Å². The van der Waals surface area contributed by atoms with Crippen molar-refractivity contribution in [2.24, 2.45) is 0 Å². The predicted octanol–water partition coefficient (Wildman–Crippen LogP) is 4.00. The summed E-state index contributed by atoms with van der Waals surface area (Å²) in [5, 5.41) is 12.8. The molecule has 0 heterocycles. The van der Waals surface area contributed by atoms with Gasteiger partial charge in [-0.05, 0) is 36.1 Å². The summed E-state index contributed by atoms with van der Waals surface area (Å²) in [6, 6.07) is 17.0. The van der Waals surface area contributed by atoms with E-state index in [0.717, 1.165) is 11.1 Å². The van der Waals surface area contributed by atoms with Crippen LogP contribution >= 0.6 is 11.6 Å². The van der Waals surface area contributed by atoms with E-state index < -0.39 is 0 Å². The molecule has 2 N–H and O–H groups in total. The Hall–Kier alpha value is -2.04.